The van der Waals surface area contributed by atoms with Crippen molar-refractivity contribution in [2.75, 3.05) is 13.1 Å². The fraction of sp³-hybridized carbons (Fsp3) is 0.556. The summed E-state index contributed by atoms with van der Waals surface area (Å²) in [6.07, 6.45) is 6.58. The van der Waals surface area contributed by atoms with Crippen LogP contribution >= 0.6 is 0 Å². The van der Waals surface area contributed by atoms with E-state index in [0.717, 1.165) is 37.9 Å². The summed E-state index contributed by atoms with van der Waals surface area (Å²) in [5.41, 5.74) is 2.29. The van der Waals surface area contributed by atoms with Crippen molar-refractivity contribution in [1.82, 2.24) is 14.4 Å². The van der Waals surface area contributed by atoms with Gasteiger partial charge >= 0.3 is 0 Å². The van der Waals surface area contributed by atoms with Gasteiger partial charge in [-0.15, -0.1) is 0 Å². The molecule has 32 heavy (non-hydrogen) atoms. The minimum atomic E-state index is -0.0843. The lowest BCUT2D eigenvalue weighted by Gasteiger charge is -2.30. The summed E-state index contributed by atoms with van der Waals surface area (Å²) in [4.78, 5) is 30.1. The molecule has 174 valence electrons. The Labute approximate surface area is 193 Å². The first-order chi connectivity index (χ1) is 15.3. The standard InChI is InChI=1S/C27H39N3O2/c1-5-6-16-29(25(31)18-27(2,3)4)21-26(32)30(23-14-15-23)20-24-13-10-17-28(24)19-22-11-8-7-9-12-22/h7-13,17,23H,5-6,14-16,18-21H2,1-4H3. The van der Waals surface area contributed by atoms with Gasteiger partial charge in [-0.3, -0.25) is 9.59 Å². The zero-order chi connectivity index (χ0) is 23.1. The smallest absolute Gasteiger partial charge is 0.242 e. The van der Waals surface area contributed by atoms with E-state index in [9.17, 15) is 9.59 Å². The van der Waals surface area contributed by atoms with Gasteiger partial charge in [0.15, 0.2) is 0 Å². The van der Waals surface area contributed by atoms with Gasteiger partial charge in [-0.05, 0) is 42.4 Å². The normalized spacial score (nSPS) is 13.8. The third kappa shape index (κ3) is 7.25. The lowest BCUT2D eigenvalue weighted by atomic mass is 9.91. The highest BCUT2D eigenvalue weighted by molar-refractivity contribution is 5.85. The van der Waals surface area contributed by atoms with Crippen molar-refractivity contribution in [3.05, 3.63) is 59.9 Å². The summed E-state index contributed by atoms with van der Waals surface area (Å²) in [5, 5.41) is 0. The number of carbonyl (C=O) groups excluding carboxylic acids is 2. The maximum absolute atomic E-state index is 13.4. The Morgan fingerprint density at radius 3 is 2.38 bits per heavy atom. The first kappa shape index (κ1) is 24.1. The Kier molecular flexibility index (Phi) is 8.16. The van der Waals surface area contributed by atoms with Gasteiger partial charge in [0.2, 0.25) is 11.8 Å². The topological polar surface area (TPSA) is 45.6 Å². The predicted octanol–water partition coefficient (Wildman–Crippen LogP) is 5.09. The summed E-state index contributed by atoms with van der Waals surface area (Å²) in [6, 6.07) is 14.8. The van der Waals surface area contributed by atoms with Crippen LogP contribution in [0.25, 0.3) is 0 Å². The lowest BCUT2D eigenvalue weighted by molar-refractivity contribution is -0.142. The average Bonchev–Trinajstić information content (AvgIpc) is 3.49. The molecule has 0 atom stereocenters. The number of unbranched alkanes of at least 4 members (excludes halogenated alkanes) is 1. The van der Waals surface area contributed by atoms with Crippen LogP contribution in [0.4, 0.5) is 0 Å². The Balaban J connectivity index is 1.69. The first-order valence-corrected chi connectivity index (χ1v) is 12.0. The molecular formula is C27H39N3O2. The fourth-order valence-electron chi connectivity index (χ4n) is 3.97. The molecule has 0 saturated heterocycles. The third-order valence-electron chi connectivity index (χ3n) is 5.90. The van der Waals surface area contributed by atoms with Gasteiger partial charge in [0.25, 0.3) is 0 Å². The fourth-order valence-corrected chi connectivity index (χ4v) is 3.97. The van der Waals surface area contributed by atoms with E-state index in [1.807, 2.05) is 17.0 Å². The van der Waals surface area contributed by atoms with Crippen LogP contribution in [0.5, 0.6) is 0 Å². The van der Waals surface area contributed by atoms with E-state index in [1.54, 1.807) is 4.90 Å². The minimum absolute atomic E-state index is 0.0679. The Hall–Kier alpha value is -2.56. The van der Waals surface area contributed by atoms with Crippen molar-refractivity contribution in [2.24, 2.45) is 5.41 Å². The van der Waals surface area contributed by atoms with E-state index in [2.05, 4.69) is 68.8 Å². The third-order valence-corrected chi connectivity index (χ3v) is 5.90. The van der Waals surface area contributed by atoms with Gasteiger partial charge in [-0.2, -0.15) is 0 Å². The number of hydrogen-bond donors (Lipinski definition) is 0. The van der Waals surface area contributed by atoms with Crippen LogP contribution in [-0.2, 0) is 22.7 Å². The molecule has 1 fully saturated rings. The highest BCUT2D eigenvalue weighted by atomic mass is 16.2. The first-order valence-electron chi connectivity index (χ1n) is 12.0. The molecule has 0 bridgehead atoms. The summed E-state index contributed by atoms with van der Waals surface area (Å²) in [7, 11) is 0. The zero-order valence-electron chi connectivity index (χ0n) is 20.2. The van der Waals surface area contributed by atoms with Crippen molar-refractivity contribution in [3.63, 3.8) is 0 Å². The van der Waals surface area contributed by atoms with E-state index in [-0.39, 0.29) is 23.8 Å². The van der Waals surface area contributed by atoms with Crippen molar-refractivity contribution >= 4 is 11.8 Å². The summed E-state index contributed by atoms with van der Waals surface area (Å²) >= 11 is 0. The molecule has 0 aliphatic heterocycles. The van der Waals surface area contributed by atoms with Gasteiger partial charge in [0.1, 0.15) is 0 Å². The highest BCUT2D eigenvalue weighted by Gasteiger charge is 2.34. The minimum Gasteiger partial charge on any atom is -0.345 e. The maximum Gasteiger partial charge on any atom is 0.242 e. The van der Waals surface area contributed by atoms with Gasteiger partial charge in [0, 0.05) is 37.4 Å². The van der Waals surface area contributed by atoms with Crippen LogP contribution in [0, 0.1) is 5.41 Å². The molecule has 1 aromatic heterocycles. The molecule has 3 rings (SSSR count). The van der Waals surface area contributed by atoms with Gasteiger partial charge in [-0.1, -0.05) is 64.4 Å². The number of benzene rings is 1. The van der Waals surface area contributed by atoms with E-state index >= 15 is 0 Å². The second-order valence-electron chi connectivity index (χ2n) is 10.3. The van der Waals surface area contributed by atoms with Crippen molar-refractivity contribution in [2.45, 2.75) is 78.9 Å². The number of hydrogen-bond acceptors (Lipinski definition) is 2. The van der Waals surface area contributed by atoms with E-state index < -0.39 is 0 Å². The SMILES string of the molecule is CCCCN(CC(=O)N(Cc1cccn1Cc1ccccc1)C1CC1)C(=O)CC(C)(C)C. The molecule has 1 aliphatic rings. The van der Waals surface area contributed by atoms with E-state index in [1.165, 1.54) is 5.56 Å². The van der Waals surface area contributed by atoms with E-state index in [4.69, 9.17) is 0 Å². The predicted molar refractivity (Wildman–Crippen MR) is 129 cm³/mol. The van der Waals surface area contributed by atoms with Crippen LogP contribution in [-0.4, -0.2) is 45.3 Å². The second kappa shape index (κ2) is 10.8. The second-order valence-corrected chi connectivity index (χ2v) is 10.3. The molecule has 0 radical (unpaired) electrons. The van der Waals surface area contributed by atoms with Crippen molar-refractivity contribution in [1.29, 1.82) is 0 Å². The van der Waals surface area contributed by atoms with Crippen LogP contribution in [0.1, 0.15) is 71.1 Å². The number of amides is 2. The summed E-state index contributed by atoms with van der Waals surface area (Å²) in [5.74, 6) is 0.154. The molecule has 1 aliphatic carbocycles. The molecule has 0 spiro atoms. The molecule has 0 N–H and O–H groups in total. The van der Waals surface area contributed by atoms with Crippen LogP contribution in [0.2, 0.25) is 0 Å². The molecule has 1 aromatic carbocycles. The quantitative estimate of drug-likeness (QED) is 0.491. The number of aromatic nitrogens is 1. The zero-order valence-corrected chi connectivity index (χ0v) is 20.2. The molecular weight excluding hydrogens is 398 g/mol. The Morgan fingerprint density at radius 2 is 1.75 bits per heavy atom. The molecule has 0 unspecified atom stereocenters. The van der Waals surface area contributed by atoms with Gasteiger partial charge < -0.3 is 14.4 Å². The van der Waals surface area contributed by atoms with Crippen LogP contribution in [0.15, 0.2) is 48.7 Å². The Bertz CT molecular complexity index is 878. The van der Waals surface area contributed by atoms with Crippen molar-refractivity contribution < 1.29 is 9.59 Å². The summed E-state index contributed by atoms with van der Waals surface area (Å²) in [6.45, 7) is 10.6. The number of rotatable bonds is 11. The highest BCUT2D eigenvalue weighted by Crippen LogP contribution is 2.29. The number of carbonyl (C=O) groups is 2. The van der Waals surface area contributed by atoms with Gasteiger partial charge in [0.05, 0.1) is 13.1 Å². The van der Waals surface area contributed by atoms with Gasteiger partial charge in [-0.25, -0.2) is 0 Å². The maximum atomic E-state index is 13.4. The van der Waals surface area contributed by atoms with Crippen LogP contribution in [0.3, 0.4) is 0 Å². The average molecular weight is 438 g/mol. The monoisotopic (exact) mass is 437 g/mol. The van der Waals surface area contributed by atoms with Crippen LogP contribution < -0.4 is 0 Å². The lowest BCUT2D eigenvalue weighted by Crippen LogP contribution is -2.44. The van der Waals surface area contributed by atoms with Crippen molar-refractivity contribution in [3.8, 4) is 0 Å². The Morgan fingerprint density at radius 1 is 1.03 bits per heavy atom. The summed E-state index contributed by atoms with van der Waals surface area (Å²) < 4.78 is 2.22. The molecule has 2 amide bonds. The molecule has 1 heterocycles. The molecule has 5 nitrogen and oxygen atoms in total. The van der Waals surface area contributed by atoms with E-state index in [0.29, 0.717) is 25.6 Å². The largest absolute Gasteiger partial charge is 0.345 e. The number of nitrogens with zero attached hydrogens (tertiary/aromatic N) is 3. The molecule has 2 aromatic rings. The molecule has 1 saturated carbocycles. The molecule has 5 heteroatoms.